The Morgan fingerprint density at radius 3 is 2.29 bits per heavy atom. The summed E-state index contributed by atoms with van der Waals surface area (Å²) < 4.78 is 0.804. The van der Waals surface area contributed by atoms with Gasteiger partial charge in [-0.05, 0) is 30.4 Å². The van der Waals surface area contributed by atoms with Crippen molar-refractivity contribution in [3.8, 4) is 0 Å². The van der Waals surface area contributed by atoms with Gasteiger partial charge in [-0.1, -0.05) is 41.9 Å². The predicted octanol–water partition coefficient (Wildman–Crippen LogP) is 3.62. The molecule has 1 N–H and O–H groups in total. The zero-order valence-corrected chi connectivity index (χ0v) is 11.5. The molecule has 0 saturated heterocycles. The molecule has 0 amide bonds. The van der Waals surface area contributed by atoms with Crippen LogP contribution in [0.3, 0.4) is 0 Å². The first kappa shape index (κ1) is 13.9. The summed E-state index contributed by atoms with van der Waals surface area (Å²) in [7, 11) is 0. The molecule has 92 valence electrons. The van der Waals surface area contributed by atoms with Crippen LogP contribution >= 0.6 is 15.9 Å². The molecule has 0 spiro atoms. The van der Waals surface area contributed by atoms with Crippen LogP contribution in [-0.2, 0) is 4.79 Å². The Morgan fingerprint density at radius 1 is 1.29 bits per heavy atom. The van der Waals surface area contributed by atoms with Gasteiger partial charge < -0.3 is 5.11 Å². The number of halogens is 1. The van der Waals surface area contributed by atoms with E-state index in [-0.39, 0.29) is 5.56 Å². The van der Waals surface area contributed by atoms with Crippen LogP contribution in [0.4, 0.5) is 0 Å². The van der Waals surface area contributed by atoms with Gasteiger partial charge in [0.05, 0.1) is 0 Å². The maximum Gasteiger partial charge on any atom is 0.377 e. The Balaban J connectivity index is 3.09. The second-order valence-corrected chi connectivity index (χ2v) is 4.74. The van der Waals surface area contributed by atoms with E-state index in [1.165, 1.54) is 0 Å². The van der Waals surface area contributed by atoms with Crippen molar-refractivity contribution < 1.29 is 14.7 Å². The highest BCUT2D eigenvalue weighted by Gasteiger charge is 2.17. The lowest BCUT2D eigenvalue weighted by Gasteiger charge is -2.15. The van der Waals surface area contributed by atoms with E-state index in [1.54, 1.807) is 12.1 Å². The first-order valence-electron chi connectivity index (χ1n) is 5.58. The first-order valence-corrected chi connectivity index (χ1v) is 6.37. The molecule has 0 unspecified atom stereocenters. The quantitative estimate of drug-likeness (QED) is 0.667. The molecule has 0 heterocycles. The topological polar surface area (TPSA) is 54.4 Å². The van der Waals surface area contributed by atoms with E-state index >= 15 is 0 Å². The number of carboxylic acids is 1. The summed E-state index contributed by atoms with van der Waals surface area (Å²) in [6.07, 6.45) is 2.03. The summed E-state index contributed by atoms with van der Waals surface area (Å²) >= 11 is 3.40. The smallest absolute Gasteiger partial charge is 0.377 e. The predicted molar refractivity (Wildman–Crippen MR) is 69.4 cm³/mol. The molecule has 0 saturated carbocycles. The number of Topliss-reactive ketones (excluding diaryl/α,β-unsaturated/α-hetero) is 1. The van der Waals surface area contributed by atoms with Crippen molar-refractivity contribution in [3.63, 3.8) is 0 Å². The van der Waals surface area contributed by atoms with Gasteiger partial charge in [0.1, 0.15) is 0 Å². The van der Waals surface area contributed by atoms with Crippen molar-refractivity contribution in [2.24, 2.45) is 0 Å². The number of carbonyl (C=O) groups is 2. The third kappa shape index (κ3) is 3.16. The van der Waals surface area contributed by atoms with Gasteiger partial charge in [0.25, 0.3) is 5.78 Å². The fourth-order valence-electron chi connectivity index (χ4n) is 1.85. The second-order valence-electron chi connectivity index (χ2n) is 3.88. The summed E-state index contributed by atoms with van der Waals surface area (Å²) in [5.41, 5.74) is 1.33. The van der Waals surface area contributed by atoms with Gasteiger partial charge in [-0.15, -0.1) is 0 Å². The van der Waals surface area contributed by atoms with Crippen molar-refractivity contribution >= 4 is 27.7 Å². The van der Waals surface area contributed by atoms with Crippen molar-refractivity contribution in [2.45, 2.75) is 32.6 Å². The summed E-state index contributed by atoms with van der Waals surface area (Å²) in [6.45, 7) is 4.22. The molecule has 3 nitrogen and oxygen atoms in total. The number of aliphatic carboxylic acids is 1. The SMILES string of the molecule is CCC(CC)c1ccc(C(=O)C(=O)O)cc1Br. The lowest BCUT2D eigenvalue weighted by Crippen LogP contribution is -2.13. The van der Waals surface area contributed by atoms with E-state index in [9.17, 15) is 9.59 Å². The monoisotopic (exact) mass is 298 g/mol. The van der Waals surface area contributed by atoms with E-state index < -0.39 is 11.8 Å². The van der Waals surface area contributed by atoms with Gasteiger partial charge in [0.15, 0.2) is 0 Å². The molecule has 4 heteroatoms. The summed E-state index contributed by atoms with van der Waals surface area (Å²) in [6, 6.07) is 5.00. The second kappa shape index (κ2) is 5.96. The minimum Gasteiger partial charge on any atom is -0.475 e. The number of hydrogen-bond donors (Lipinski definition) is 1. The number of rotatable bonds is 5. The van der Waals surface area contributed by atoms with Gasteiger partial charge in [-0.3, -0.25) is 4.79 Å². The molecule has 1 aromatic rings. The fourth-order valence-corrected chi connectivity index (χ4v) is 2.55. The van der Waals surface area contributed by atoms with E-state index in [0.717, 1.165) is 22.9 Å². The molecule has 0 atom stereocenters. The summed E-state index contributed by atoms with van der Waals surface area (Å²) in [4.78, 5) is 21.9. The zero-order valence-electron chi connectivity index (χ0n) is 9.87. The number of ketones is 1. The Labute approximate surface area is 109 Å². The molecule has 17 heavy (non-hydrogen) atoms. The molecule has 0 fully saturated rings. The van der Waals surface area contributed by atoms with Crippen LogP contribution in [0.25, 0.3) is 0 Å². The minimum absolute atomic E-state index is 0.207. The molecular weight excluding hydrogens is 284 g/mol. The van der Waals surface area contributed by atoms with E-state index in [2.05, 4.69) is 29.8 Å². The molecule has 0 radical (unpaired) electrons. The lowest BCUT2D eigenvalue weighted by atomic mass is 9.93. The van der Waals surface area contributed by atoms with Crippen molar-refractivity contribution in [1.29, 1.82) is 0 Å². The van der Waals surface area contributed by atoms with Gasteiger partial charge in [-0.2, -0.15) is 0 Å². The van der Waals surface area contributed by atoms with Crippen LogP contribution in [0, 0.1) is 0 Å². The third-order valence-electron chi connectivity index (χ3n) is 2.88. The summed E-state index contributed by atoms with van der Waals surface area (Å²) in [5, 5.41) is 8.63. The van der Waals surface area contributed by atoms with Crippen molar-refractivity contribution in [1.82, 2.24) is 0 Å². The number of carboxylic acid groups (broad SMARTS) is 1. The maximum atomic E-state index is 11.3. The van der Waals surface area contributed by atoms with Gasteiger partial charge >= 0.3 is 5.97 Å². The average molecular weight is 299 g/mol. The zero-order chi connectivity index (χ0) is 13.0. The van der Waals surface area contributed by atoms with Crippen LogP contribution in [0.2, 0.25) is 0 Å². The lowest BCUT2D eigenvalue weighted by molar-refractivity contribution is -0.131. The molecule has 0 aliphatic carbocycles. The Bertz CT molecular complexity index is 436. The highest BCUT2D eigenvalue weighted by molar-refractivity contribution is 9.10. The molecule has 0 aliphatic rings. The standard InChI is InChI=1S/C13H15BrO3/c1-3-8(4-2)10-6-5-9(7-11(10)14)12(15)13(16)17/h5-8H,3-4H2,1-2H3,(H,16,17). The van der Waals surface area contributed by atoms with Crippen molar-refractivity contribution in [2.75, 3.05) is 0 Å². The van der Waals surface area contributed by atoms with E-state index in [1.807, 2.05) is 6.07 Å². The Kier molecular flexibility index (Phi) is 4.87. The molecule has 0 bridgehead atoms. The molecule has 0 aromatic heterocycles. The number of carbonyl (C=O) groups excluding carboxylic acids is 1. The van der Waals surface area contributed by atoms with Crippen molar-refractivity contribution in [3.05, 3.63) is 33.8 Å². The molecule has 1 aromatic carbocycles. The summed E-state index contributed by atoms with van der Waals surface area (Å²) in [5.74, 6) is -1.87. The van der Waals surface area contributed by atoms with Gasteiger partial charge in [-0.25, -0.2) is 4.79 Å². The minimum atomic E-state index is -1.42. The van der Waals surface area contributed by atoms with E-state index in [4.69, 9.17) is 5.11 Å². The molecule has 1 rings (SSSR count). The van der Waals surface area contributed by atoms with Crippen LogP contribution in [0.5, 0.6) is 0 Å². The van der Waals surface area contributed by atoms with Crippen LogP contribution < -0.4 is 0 Å². The maximum absolute atomic E-state index is 11.3. The number of hydrogen-bond acceptors (Lipinski definition) is 2. The number of benzene rings is 1. The fraction of sp³-hybridized carbons (Fsp3) is 0.385. The van der Waals surface area contributed by atoms with Crippen LogP contribution in [-0.4, -0.2) is 16.9 Å². The third-order valence-corrected chi connectivity index (χ3v) is 3.57. The molecule has 0 aliphatic heterocycles. The largest absolute Gasteiger partial charge is 0.475 e. The Hall–Kier alpha value is -1.16. The van der Waals surface area contributed by atoms with Crippen LogP contribution in [0.1, 0.15) is 48.5 Å². The first-order chi connectivity index (χ1) is 8.01. The van der Waals surface area contributed by atoms with Crippen LogP contribution in [0.15, 0.2) is 22.7 Å². The highest BCUT2D eigenvalue weighted by atomic mass is 79.9. The van der Waals surface area contributed by atoms with Gasteiger partial charge in [0.2, 0.25) is 0 Å². The normalized spacial score (nSPS) is 10.6. The van der Waals surface area contributed by atoms with E-state index in [0.29, 0.717) is 5.92 Å². The van der Waals surface area contributed by atoms with Gasteiger partial charge in [0, 0.05) is 10.0 Å². The molecular formula is C13H15BrO3. The highest BCUT2D eigenvalue weighted by Crippen LogP contribution is 2.30. The Morgan fingerprint density at radius 2 is 1.88 bits per heavy atom. The average Bonchev–Trinajstić information content (AvgIpc) is 2.31.